The maximum Gasteiger partial charge on any atom is 0.271 e. The van der Waals surface area contributed by atoms with Crippen molar-refractivity contribution >= 4 is 56.3 Å². The minimum atomic E-state index is -0.256. The van der Waals surface area contributed by atoms with Crippen LogP contribution in [0.15, 0.2) is 60.7 Å². The van der Waals surface area contributed by atoms with Crippen LogP contribution in [-0.4, -0.2) is 22.3 Å². The second-order valence-corrected chi connectivity index (χ2v) is 8.08. The Balaban J connectivity index is 2.11. The summed E-state index contributed by atoms with van der Waals surface area (Å²) in [6, 6.07) is 19.5. The maximum absolute atomic E-state index is 12.8. The lowest BCUT2D eigenvalue weighted by molar-refractivity contribution is 0.0960. The van der Waals surface area contributed by atoms with Crippen LogP contribution in [0.4, 0.5) is 0 Å². The molecule has 5 aromatic rings. The second kappa shape index (κ2) is 7.01. The molecule has 0 aliphatic carbocycles. The van der Waals surface area contributed by atoms with Crippen LogP contribution in [0.3, 0.4) is 0 Å². The number of carbonyl (C=O) groups excluding carboxylic acids is 1. The van der Waals surface area contributed by atoms with Crippen LogP contribution >= 0.6 is 23.2 Å². The standard InChI is InChI=1S/C24H17Cl2N3O/c1-13-5-3-6-14(11-13)23-28-21(24(30)27-2)22-17-7-4-8-18(26)20(17)16-10-9-15(25)12-19(16)29(22)23/h3-12H,1-2H3,(H,27,30). The van der Waals surface area contributed by atoms with Gasteiger partial charge in [0.25, 0.3) is 5.91 Å². The summed E-state index contributed by atoms with van der Waals surface area (Å²) in [6.45, 7) is 2.03. The number of hydrogen-bond acceptors (Lipinski definition) is 2. The Morgan fingerprint density at radius 3 is 2.57 bits per heavy atom. The molecule has 0 unspecified atom stereocenters. The SMILES string of the molecule is CNC(=O)c1nc(-c2cccc(C)c2)n2c3cc(Cl)ccc3c3c(Cl)cccc3c12. The van der Waals surface area contributed by atoms with E-state index in [2.05, 4.69) is 11.4 Å². The number of amides is 1. The summed E-state index contributed by atoms with van der Waals surface area (Å²) in [5.74, 6) is 0.426. The van der Waals surface area contributed by atoms with Crippen LogP contribution in [0.5, 0.6) is 0 Å². The first kappa shape index (κ1) is 18.9. The van der Waals surface area contributed by atoms with Gasteiger partial charge in [0.2, 0.25) is 0 Å². The van der Waals surface area contributed by atoms with Crippen LogP contribution in [0.2, 0.25) is 10.0 Å². The summed E-state index contributed by atoms with van der Waals surface area (Å²) >= 11 is 13.0. The van der Waals surface area contributed by atoms with Crippen molar-refractivity contribution in [2.45, 2.75) is 6.92 Å². The van der Waals surface area contributed by atoms with Crippen molar-refractivity contribution in [2.75, 3.05) is 7.05 Å². The molecule has 148 valence electrons. The van der Waals surface area contributed by atoms with Crippen LogP contribution in [0.25, 0.3) is 38.6 Å². The number of fused-ring (bicyclic) bond motifs is 6. The number of halogens is 2. The molecule has 6 heteroatoms. The van der Waals surface area contributed by atoms with Gasteiger partial charge in [-0.1, -0.05) is 65.2 Å². The lowest BCUT2D eigenvalue weighted by Gasteiger charge is -2.13. The third-order valence-electron chi connectivity index (χ3n) is 5.33. The predicted octanol–water partition coefficient (Wildman–Crippen LogP) is 6.28. The molecule has 0 fully saturated rings. The average Bonchev–Trinajstić information content (AvgIpc) is 3.14. The van der Waals surface area contributed by atoms with Crippen LogP contribution in [0, 0.1) is 6.92 Å². The molecule has 30 heavy (non-hydrogen) atoms. The van der Waals surface area contributed by atoms with Gasteiger partial charge in [0, 0.05) is 38.8 Å². The molecular formula is C24H17Cl2N3O. The highest BCUT2D eigenvalue weighted by molar-refractivity contribution is 6.39. The van der Waals surface area contributed by atoms with E-state index in [1.54, 1.807) is 7.05 Å². The molecule has 0 atom stereocenters. The molecule has 2 heterocycles. The molecule has 5 rings (SSSR count). The summed E-state index contributed by atoms with van der Waals surface area (Å²) in [6.07, 6.45) is 0. The van der Waals surface area contributed by atoms with Gasteiger partial charge >= 0.3 is 0 Å². The van der Waals surface area contributed by atoms with Gasteiger partial charge in [0.1, 0.15) is 5.82 Å². The monoisotopic (exact) mass is 433 g/mol. The van der Waals surface area contributed by atoms with Crippen molar-refractivity contribution < 1.29 is 4.79 Å². The van der Waals surface area contributed by atoms with Gasteiger partial charge in [0.15, 0.2) is 5.69 Å². The number of carbonyl (C=O) groups is 1. The Labute approximate surface area is 183 Å². The van der Waals surface area contributed by atoms with Crippen molar-refractivity contribution in [1.82, 2.24) is 14.7 Å². The van der Waals surface area contributed by atoms with E-state index in [9.17, 15) is 4.79 Å². The zero-order valence-electron chi connectivity index (χ0n) is 16.3. The number of aromatic nitrogens is 2. The quantitative estimate of drug-likeness (QED) is 0.332. The lowest BCUT2D eigenvalue weighted by Crippen LogP contribution is -2.18. The van der Waals surface area contributed by atoms with E-state index in [1.165, 1.54) is 0 Å². The molecule has 2 aromatic heterocycles. The smallest absolute Gasteiger partial charge is 0.271 e. The molecule has 1 N–H and O–H groups in total. The van der Waals surface area contributed by atoms with E-state index < -0.39 is 0 Å². The molecule has 0 bridgehead atoms. The van der Waals surface area contributed by atoms with E-state index in [0.717, 1.165) is 32.8 Å². The van der Waals surface area contributed by atoms with E-state index in [0.29, 0.717) is 27.1 Å². The van der Waals surface area contributed by atoms with Gasteiger partial charge in [-0.25, -0.2) is 4.98 Å². The Kier molecular flexibility index (Phi) is 4.42. The molecule has 0 saturated heterocycles. The summed E-state index contributed by atoms with van der Waals surface area (Å²) in [5.41, 5.74) is 3.93. The third kappa shape index (κ3) is 2.76. The minimum absolute atomic E-state index is 0.256. The molecule has 4 nitrogen and oxygen atoms in total. The fraction of sp³-hybridized carbons (Fsp3) is 0.0833. The van der Waals surface area contributed by atoms with Crippen molar-refractivity contribution in [3.8, 4) is 11.4 Å². The number of imidazole rings is 1. The van der Waals surface area contributed by atoms with Crippen molar-refractivity contribution in [1.29, 1.82) is 0 Å². The predicted molar refractivity (Wildman–Crippen MR) is 124 cm³/mol. The molecule has 0 spiro atoms. The van der Waals surface area contributed by atoms with Gasteiger partial charge in [-0.05, 0) is 31.2 Å². The van der Waals surface area contributed by atoms with Crippen LogP contribution in [0.1, 0.15) is 16.1 Å². The molecule has 3 aromatic carbocycles. The number of nitrogens with zero attached hydrogens (tertiary/aromatic N) is 2. The van der Waals surface area contributed by atoms with Gasteiger partial charge in [-0.15, -0.1) is 0 Å². The fourth-order valence-electron chi connectivity index (χ4n) is 4.05. The number of rotatable bonds is 2. The Bertz CT molecular complexity index is 1490. The third-order valence-corrected chi connectivity index (χ3v) is 5.88. The molecule has 0 aliphatic heterocycles. The van der Waals surface area contributed by atoms with E-state index >= 15 is 0 Å². The van der Waals surface area contributed by atoms with Crippen molar-refractivity contribution in [2.24, 2.45) is 0 Å². The summed E-state index contributed by atoms with van der Waals surface area (Å²) in [7, 11) is 1.60. The second-order valence-electron chi connectivity index (χ2n) is 7.24. The average molecular weight is 434 g/mol. The van der Waals surface area contributed by atoms with Crippen LogP contribution < -0.4 is 5.32 Å². The number of pyridine rings is 1. The zero-order valence-corrected chi connectivity index (χ0v) is 17.8. The largest absolute Gasteiger partial charge is 0.354 e. The van der Waals surface area contributed by atoms with E-state index in [1.807, 2.05) is 65.9 Å². The van der Waals surface area contributed by atoms with Gasteiger partial charge < -0.3 is 5.32 Å². The highest BCUT2D eigenvalue weighted by Crippen LogP contribution is 2.39. The highest BCUT2D eigenvalue weighted by Gasteiger charge is 2.23. The summed E-state index contributed by atoms with van der Waals surface area (Å²) in [4.78, 5) is 17.6. The molecule has 0 aliphatic rings. The number of aryl methyl sites for hydroxylation is 1. The first-order valence-corrected chi connectivity index (χ1v) is 10.3. The minimum Gasteiger partial charge on any atom is -0.354 e. The zero-order chi connectivity index (χ0) is 21.0. The van der Waals surface area contributed by atoms with Gasteiger partial charge in [0.05, 0.1) is 11.0 Å². The molecular weight excluding hydrogens is 417 g/mol. The highest BCUT2D eigenvalue weighted by atomic mass is 35.5. The van der Waals surface area contributed by atoms with E-state index in [-0.39, 0.29) is 5.91 Å². The van der Waals surface area contributed by atoms with E-state index in [4.69, 9.17) is 28.2 Å². The number of benzene rings is 3. The first-order valence-electron chi connectivity index (χ1n) is 9.50. The Hall–Kier alpha value is -3.08. The fourth-order valence-corrected chi connectivity index (χ4v) is 4.50. The Morgan fingerprint density at radius 2 is 1.80 bits per heavy atom. The molecule has 1 amide bonds. The normalized spacial score (nSPS) is 11.5. The van der Waals surface area contributed by atoms with Crippen LogP contribution in [-0.2, 0) is 0 Å². The number of nitrogens with one attached hydrogen (secondary N) is 1. The summed E-state index contributed by atoms with van der Waals surface area (Å²) in [5, 5.41) is 6.61. The topological polar surface area (TPSA) is 46.4 Å². The summed E-state index contributed by atoms with van der Waals surface area (Å²) < 4.78 is 2.01. The molecule has 0 radical (unpaired) electrons. The van der Waals surface area contributed by atoms with Crippen molar-refractivity contribution in [3.05, 3.63) is 82.0 Å². The number of hydrogen-bond donors (Lipinski definition) is 1. The lowest BCUT2D eigenvalue weighted by atomic mass is 10.0. The van der Waals surface area contributed by atoms with Gasteiger partial charge in [-0.2, -0.15) is 0 Å². The van der Waals surface area contributed by atoms with Crippen molar-refractivity contribution in [3.63, 3.8) is 0 Å². The Morgan fingerprint density at radius 1 is 1.00 bits per heavy atom. The first-order chi connectivity index (χ1) is 14.5. The maximum atomic E-state index is 12.8. The van der Waals surface area contributed by atoms with Gasteiger partial charge in [-0.3, -0.25) is 9.20 Å². The molecule has 0 saturated carbocycles.